The van der Waals surface area contributed by atoms with Crippen molar-refractivity contribution >= 4 is 11.0 Å². The van der Waals surface area contributed by atoms with Gasteiger partial charge in [0.1, 0.15) is 5.58 Å². The summed E-state index contributed by atoms with van der Waals surface area (Å²) in [5.74, 6) is -0.951. The van der Waals surface area contributed by atoms with Crippen LogP contribution >= 0.6 is 0 Å². The Labute approximate surface area is 96.2 Å². The zero-order chi connectivity index (χ0) is 12.5. The van der Waals surface area contributed by atoms with E-state index >= 15 is 0 Å². The minimum Gasteiger partial charge on any atom is -0.451 e. The van der Waals surface area contributed by atoms with Crippen molar-refractivity contribution in [2.45, 2.75) is 19.0 Å². The van der Waals surface area contributed by atoms with E-state index in [1.165, 1.54) is 6.07 Å². The average Bonchev–Trinajstić information content (AvgIpc) is 2.70. The molecule has 0 unspecified atom stereocenters. The van der Waals surface area contributed by atoms with Gasteiger partial charge in [-0.3, -0.25) is 0 Å². The molecule has 5 heteroatoms. The first-order chi connectivity index (χ1) is 8.02. The van der Waals surface area contributed by atoms with Gasteiger partial charge >= 0.3 is 6.18 Å². The quantitative estimate of drug-likeness (QED) is 0.897. The molecule has 2 nitrogen and oxygen atoms in total. The molecule has 17 heavy (non-hydrogen) atoms. The van der Waals surface area contributed by atoms with Crippen molar-refractivity contribution in [1.29, 1.82) is 0 Å². The molecule has 0 fully saturated rings. The second kappa shape index (κ2) is 4.41. The van der Waals surface area contributed by atoms with Crippen LogP contribution in [-0.4, -0.2) is 6.54 Å². The molecule has 0 aliphatic rings. The largest absolute Gasteiger partial charge is 0.451 e. The molecule has 92 valence electrons. The van der Waals surface area contributed by atoms with Gasteiger partial charge in [0.2, 0.25) is 5.76 Å². The lowest BCUT2D eigenvalue weighted by Gasteiger charge is -2.00. The lowest BCUT2D eigenvalue weighted by atomic mass is 10.1. The van der Waals surface area contributed by atoms with Gasteiger partial charge in [-0.15, -0.1) is 0 Å². The van der Waals surface area contributed by atoms with Gasteiger partial charge in [0.15, 0.2) is 0 Å². The van der Waals surface area contributed by atoms with Crippen LogP contribution in [0.25, 0.3) is 11.0 Å². The summed E-state index contributed by atoms with van der Waals surface area (Å²) in [6.07, 6.45) is -3.04. The maximum atomic E-state index is 12.5. The summed E-state index contributed by atoms with van der Waals surface area (Å²) in [5, 5.41) is 0.522. The first kappa shape index (κ1) is 12.0. The minimum atomic E-state index is -4.44. The molecule has 1 aromatic heterocycles. The van der Waals surface area contributed by atoms with Crippen LogP contribution in [0.2, 0.25) is 0 Å². The Morgan fingerprint density at radius 2 is 2.00 bits per heavy atom. The Kier molecular flexibility index (Phi) is 3.11. The van der Waals surface area contributed by atoms with Crippen molar-refractivity contribution in [1.82, 2.24) is 0 Å². The smallest absolute Gasteiger partial charge is 0.449 e. The summed E-state index contributed by atoms with van der Waals surface area (Å²) >= 11 is 0. The van der Waals surface area contributed by atoms with Crippen LogP contribution in [0.4, 0.5) is 13.2 Å². The van der Waals surface area contributed by atoms with Gasteiger partial charge in [-0.1, -0.05) is 12.1 Å². The minimum absolute atomic E-state index is 0.270. The SMILES string of the molecule is NCCCc1cccc2oc(C(F)(F)F)cc12. The van der Waals surface area contributed by atoms with E-state index in [2.05, 4.69) is 0 Å². The molecule has 2 aromatic rings. The zero-order valence-corrected chi connectivity index (χ0v) is 9.05. The summed E-state index contributed by atoms with van der Waals surface area (Å²) in [6, 6.07) is 6.09. The molecule has 0 saturated carbocycles. The Balaban J connectivity index is 2.45. The average molecular weight is 243 g/mol. The first-order valence-corrected chi connectivity index (χ1v) is 5.31. The van der Waals surface area contributed by atoms with Crippen LogP contribution in [-0.2, 0) is 12.6 Å². The van der Waals surface area contributed by atoms with E-state index in [0.717, 1.165) is 18.1 Å². The van der Waals surface area contributed by atoms with Crippen molar-refractivity contribution in [3.63, 3.8) is 0 Å². The Bertz CT molecular complexity index is 516. The highest BCUT2D eigenvalue weighted by Crippen LogP contribution is 2.34. The van der Waals surface area contributed by atoms with Crippen LogP contribution in [0.15, 0.2) is 28.7 Å². The second-order valence-corrected chi connectivity index (χ2v) is 3.83. The standard InChI is InChI=1S/C12H12F3NO/c13-12(14,15)11-7-9-8(4-2-6-16)3-1-5-10(9)17-11/h1,3,5,7H,2,4,6,16H2. The number of hydrogen-bond acceptors (Lipinski definition) is 2. The van der Waals surface area contributed by atoms with Crippen molar-refractivity contribution in [3.8, 4) is 0 Å². The second-order valence-electron chi connectivity index (χ2n) is 3.83. The number of benzene rings is 1. The number of rotatable bonds is 3. The fourth-order valence-corrected chi connectivity index (χ4v) is 1.77. The number of furan rings is 1. The van der Waals surface area contributed by atoms with Gasteiger partial charge in [0, 0.05) is 5.39 Å². The fraction of sp³-hybridized carbons (Fsp3) is 0.333. The third-order valence-corrected chi connectivity index (χ3v) is 2.58. The number of fused-ring (bicyclic) bond motifs is 1. The lowest BCUT2D eigenvalue weighted by molar-refractivity contribution is -0.152. The summed E-state index contributed by atoms with van der Waals surface area (Å²) in [5.41, 5.74) is 6.50. The molecular formula is C12H12F3NO. The summed E-state index contributed by atoms with van der Waals surface area (Å²) in [7, 11) is 0. The van der Waals surface area contributed by atoms with E-state index in [-0.39, 0.29) is 5.58 Å². The molecule has 1 aromatic carbocycles. The van der Waals surface area contributed by atoms with Crippen LogP contribution in [0.5, 0.6) is 0 Å². The predicted molar refractivity (Wildman–Crippen MR) is 58.6 cm³/mol. The topological polar surface area (TPSA) is 39.2 Å². The third-order valence-electron chi connectivity index (χ3n) is 2.58. The molecule has 0 aliphatic heterocycles. The van der Waals surface area contributed by atoms with Gasteiger partial charge in [0.05, 0.1) is 0 Å². The summed E-state index contributed by atoms with van der Waals surface area (Å²) in [4.78, 5) is 0. The van der Waals surface area contributed by atoms with Gasteiger partial charge in [-0.25, -0.2) is 0 Å². The summed E-state index contributed by atoms with van der Waals surface area (Å²) < 4.78 is 42.3. The van der Waals surface area contributed by atoms with Crippen LogP contribution < -0.4 is 5.73 Å². The predicted octanol–water partition coefficient (Wildman–Crippen LogP) is 3.34. The monoisotopic (exact) mass is 243 g/mol. The summed E-state index contributed by atoms with van der Waals surface area (Å²) in [6.45, 7) is 0.514. The maximum Gasteiger partial charge on any atom is 0.449 e. The molecule has 0 radical (unpaired) electrons. The normalized spacial score (nSPS) is 12.2. The van der Waals surface area contributed by atoms with E-state index in [4.69, 9.17) is 10.2 Å². The highest BCUT2D eigenvalue weighted by Gasteiger charge is 2.35. The van der Waals surface area contributed by atoms with Crippen molar-refractivity contribution in [3.05, 3.63) is 35.6 Å². The number of aryl methyl sites for hydroxylation is 1. The van der Waals surface area contributed by atoms with E-state index in [1.807, 2.05) is 0 Å². The Hall–Kier alpha value is -1.49. The Morgan fingerprint density at radius 1 is 1.24 bits per heavy atom. The molecule has 0 atom stereocenters. The number of alkyl halides is 3. The Morgan fingerprint density at radius 3 is 2.65 bits per heavy atom. The molecule has 2 N–H and O–H groups in total. The van der Waals surface area contributed by atoms with E-state index < -0.39 is 11.9 Å². The molecule has 0 bridgehead atoms. The number of hydrogen-bond donors (Lipinski definition) is 1. The molecule has 0 spiro atoms. The van der Waals surface area contributed by atoms with Crippen LogP contribution in [0, 0.1) is 0 Å². The molecular weight excluding hydrogens is 231 g/mol. The zero-order valence-electron chi connectivity index (χ0n) is 9.05. The number of nitrogens with two attached hydrogens (primary N) is 1. The maximum absolute atomic E-state index is 12.5. The van der Waals surface area contributed by atoms with Crippen molar-refractivity contribution in [2.75, 3.05) is 6.54 Å². The lowest BCUT2D eigenvalue weighted by Crippen LogP contribution is -2.02. The molecule has 2 rings (SSSR count). The van der Waals surface area contributed by atoms with E-state index in [1.54, 1.807) is 12.1 Å². The highest BCUT2D eigenvalue weighted by molar-refractivity contribution is 5.81. The third kappa shape index (κ3) is 2.44. The fourth-order valence-electron chi connectivity index (χ4n) is 1.77. The van der Waals surface area contributed by atoms with E-state index in [0.29, 0.717) is 18.4 Å². The van der Waals surface area contributed by atoms with Gasteiger partial charge in [-0.05, 0) is 37.1 Å². The van der Waals surface area contributed by atoms with Gasteiger partial charge < -0.3 is 10.2 Å². The van der Waals surface area contributed by atoms with Crippen molar-refractivity contribution < 1.29 is 17.6 Å². The van der Waals surface area contributed by atoms with Crippen LogP contribution in [0.1, 0.15) is 17.7 Å². The van der Waals surface area contributed by atoms with E-state index in [9.17, 15) is 13.2 Å². The molecule has 0 saturated heterocycles. The molecule has 0 amide bonds. The van der Waals surface area contributed by atoms with Gasteiger partial charge in [0.25, 0.3) is 0 Å². The van der Waals surface area contributed by atoms with Crippen molar-refractivity contribution in [2.24, 2.45) is 5.73 Å². The van der Waals surface area contributed by atoms with Crippen LogP contribution in [0.3, 0.4) is 0 Å². The highest BCUT2D eigenvalue weighted by atomic mass is 19.4. The number of halogens is 3. The molecule has 1 heterocycles. The molecule has 0 aliphatic carbocycles. The van der Waals surface area contributed by atoms with Gasteiger partial charge in [-0.2, -0.15) is 13.2 Å². The first-order valence-electron chi connectivity index (χ1n) is 5.31.